The lowest BCUT2D eigenvalue weighted by molar-refractivity contribution is -0.0572. The SMILES string of the molecule is CCOC(CC)(CC)c1nc(-c2cnn(C)c2)cc(=O)[nH]1. The zero-order valence-corrected chi connectivity index (χ0v) is 13.0. The first-order valence-electron chi connectivity index (χ1n) is 7.29. The van der Waals surface area contributed by atoms with Crippen LogP contribution in [0.2, 0.25) is 0 Å². The van der Waals surface area contributed by atoms with Gasteiger partial charge in [0.2, 0.25) is 0 Å². The second-order valence-electron chi connectivity index (χ2n) is 5.02. The van der Waals surface area contributed by atoms with E-state index < -0.39 is 5.60 Å². The van der Waals surface area contributed by atoms with Crippen LogP contribution in [0.4, 0.5) is 0 Å². The highest BCUT2D eigenvalue weighted by Crippen LogP contribution is 2.30. The maximum absolute atomic E-state index is 12.0. The van der Waals surface area contributed by atoms with Gasteiger partial charge in [-0.3, -0.25) is 9.48 Å². The zero-order chi connectivity index (χ0) is 15.5. The van der Waals surface area contributed by atoms with Gasteiger partial charge in [0.05, 0.1) is 11.9 Å². The van der Waals surface area contributed by atoms with Crippen molar-refractivity contribution in [1.82, 2.24) is 19.7 Å². The van der Waals surface area contributed by atoms with E-state index in [4.69, 9.17) is 4.74 Å². The molecule has 0 saturated carbocycles. The number of aryl methyl sites for hydroxylation is 1. The summed E-state index contributed by atoms with van der Waals surface area (Å²) in [6.07, 6.45) is 5.03. The molecule has 0 atom stereocenters. The van der Waals surface area contributed by atoms with Gasteiger partial charge in [0.15, 0.2) is 0 Å². The molecule has 0 aromatic carbocycles. The minimum absolute atomic E-state index is 0.176. The Morgan fingerprint density at radius 2 is 2.05 bits per heavy atom. The molecule has 0 aliphatic rings. The highest BCUT2D eigenvalue weighted by atomic mass is 16.5. The Bertz CT molecular complexity index is 656. The molecule has 2 heterocycles. The van der Waals surface area contributed by atoms with E-state index in [1.165, 1.54) is 6.07 Å². The second-order valence-corrected chi connectivity index (χ2v) is 5.02. The van der Waals surface area contributed by atoms with Crippen LogP contribution < -0.4 is 5.56 Å². The normalized spacial score (nSPS) is 11.8. The van der Waals surface area contributed by atoms with E-state index >= 15 is 0 Å². The summed E-state index contributed by atoms with van der Waals surface area (Å²) in [6, 6.07) is 1.49. The van der Waals surface area contributed by atoms with Crippen molar-refractivity contribution >= 4 is 0 Å². The average Bonchev–Trinajstić information content (AvgIpc) is 2.91. The Labute approximate surface area is 124 Å². The van der Waals surface area contributed by atoms with Gasteiger partial charge in [-0.15, -0.1) is 0 Å². The van der Waals surface area contributed by atoms with Crippen LogP contribution in [0.5, 0.6) is 0 Å². The van der Waals surface area contributed by atoms with Crippen molar-refractivity contribution in [3.8, 4) is 11.3 Å². The lowest BCUT2D eigenvalue weighted by atomic mass is 9.95. The van der Waals surface area contributed by atoms with Gasteiger partial charge in [-0.1, -0.05) is 13.8 Å². The third-order valence-corrected chi connectivity index (χ3v) is 3.74. The molecule has 0 radical (unpaired) electrons. The van der Waals surface area contributed by atoms with Gasteiger partial charge in [-0.25, -0.2) is 4.98 Å². The number of ether oxygens (including phenoxy) is 1. The van der Waals surface area contributed by atoms with Crippen molar-refractivity contribution in [2.24, 2.45) is 7.05 Å². The molecule has 0 aliphatic heterocycles. The Balaban J connectivity index is 2.54. The highest BCUT2D eigenvalue weighted by Gasteiger charge is 2.32. The monoisotopic (exact) mass is 290 g/mol. The van der Waals surface area contributed by atoms with Crippen molar-refractivity contribution in [3.05, 3.63) is 34.6 Å². The first-order valence-corrected chi connectivity index (χ1v) is 7.29. The molecule has 1 N–H and O–H groups in total. The summed E-state index contributed by atoms with van der Waals surface area (Å²) < 4.78 is 7.60. The number of nitrogens with one attached hydrogen (secondary N) is 1. The van der Waals surface area contributed by atoms with Crippen LogP contribution in [0.3, 0.4) is 0 Å². The molecule has 0 saturated heterocycles. The van der Waals surface area contributed by atoms with Gasteiger partial charge in [-0.05, 0) is 19.8 Å². The molecular weight excluding hydrogens is 268 g/mol. The molecule has 2 aromatic rings. The van der Waals surface area contributed by atoms with E-state index in [2.05, 4.69) is 15.1 Å². The molecule has 0 bridgehead atoms. The smallest absolute Gasteiger partial charge is 0.251 e. The molecule has 0 aliphatic carbocycles. The second kappa shape index (κ2) is 6.22. The van der Waals surface area contributed by atoms with Crippen LogP contribution in [-0.4, -0.2) is 26.4 Å². The van der Waals surface area contributed by atoms with E-state index in [0.29, 0.717) is 18.1 Å². The van der Waals surface area contributed by atoms with E-state index in [1.54, 1.807) is 10.9 Å². The molecule has 114 valence electrons. The number of nitrogens with zero attached hydrogens (tertiary/aromatic N) is 3. The number of aromatic amines is 1. The number of rotatable bonds is 6. The summed E-state index contributed by atoms with van der Waals surface area (Å²) in [5, 5.41) is 4.12. The Hall–Kier alpha value is -1.95. The number of hydrogen-bond acceptors (Lipinski definition) is 4. The molecule has 0 fully saturated rings. The van der Waals surface area contributed by atoms with Crippen molar-refractivity contribution in [2.75, 3.05) is 6.61 Å². The maximum atomic E-state index is 12.0. The Morgan fingerprint density at radius 1 is 1.33 bits per heavy atom. The average molecular weight is 290 g/mol. The molecule has 0 unspecified atom stereocenters. The first kappa shape index (κ1) is 15.4. The van der Waals surface area contributed by atoms with E-state index in [0.717, 1.165) is 18.4 Å². The summed E-state index contributed by atoms with van der Waals surface area (Å²) in [4.78, 5) is 19.4. The van der Waals surface area contributed by atoms with Gasteiger partial charge in [0.1, 0.15) is 11.4 Å². The first-order chi connectivity index (χ1) is 10.0. The maximum Gasteiger partial charge on any atom is 0.251 e. The van der Waals surface area contributed by atoms with Crippen LogP contribution in [0.1, 0.15) is 39.4 Å². The zero-order valence-electron chi connectivity index (χ0n) is 13.0. The highest BCUT2D eigenvalue weighted by molar-refractivity contribution is 5.56. The molecule has 6 heteroatoms. The van der Waals surface area contributed by atoms with Gasteiger partial charge >= 0.3 is 0 Å². The summed E-state index contributed by atoms with van der Waals surface area (Å²) >= 11 is 0. The van der Waals surface area contributed by atoms with Crippen LogP contribution in [0, 0.1) is 0 Å². The van der Waals surface area contributed by atoms with Gasteiger partial charge < -0.3 is 9.72 Å². The lowest BCUT2D eigenvalue weighted by Gasteiger charge is -2.30. The van der Waals surface area contributed by atoms with Gasteiger partial charge in [0, 0.05) is 31.5 Å². The molecular formula is C15H22N4O2. The van der Waals surface area contributed by atoms with Crippen LogP contribution in [0.15, 0.2) is 23.3 Å². The third-order valence-electron chi connectivity index (χ3n) is 3.74. The molecule has 6 nitrogen and oxygen atoms in total. The van der Waals surface area contributed by atoms with Gasteiger partial charge in [0.25, 0.3) is 5.56 Å². The van der Waals surface area contributed by atoms with Gasteiger partial charge in [-0.2, -0.15) is 5.10 Å². The Morgan fingerprint density at radius 3 is 2.57 bits per heavy atom. The fourth-order valence-corrected chi connectivity index (χ4v) is 2.51. The van der Waals surface area contributed by atoms with Crippen molar-refractivity contribution in [2.45, 2.75) is 39.2 Å². The fraction of sp³-hybridized carbons (Fsp3) is 0.533. The van der Waals surface area contributed by atoms with Crippen LogP contribution >= 0.6 is 0 Å². The third kappa shape index (κ3) is 3.05. The molecule has 2 rings (SSSR count). The molecule has 2 aromatic heterocycles. The Kier molecular flexibility index (Phi) is 4.57. The molecule has 21 heavy (non-hydrogen) atoms. The number of H-pyrrole nitrogens is 1. The molecule has 0 amide bonds. The van der Waals surface area contributed by atoms with E-state index in [9.17, 15) is 4.79 Å². The van der Waals surface area contributed by atoms with Crippen molar-refractivity contribution in [1.29, 1.82) is 0 Å². The van der Waals surface area contributed by atoms with Crippen molar-refractivity contribution in [3.63, 3.8) is 0 Å². The predicted molar refractivity (Wildman–Crippen MR) is 80.9 cm³/mol. The summed E-state index contributed by atoms with van der Waals surface area (Å²) in [7, 11) is 1.83. The van der Waals surface area contributed by atoms with E-state index in [-0.39, 0.29) is 5.56 Å². The molecule has 0 spiro atoms. The summed E-state index contributed by atoms with van der Waals surface area (Å²) in [5.41, 5.74) is 0.715. The van der Waals surface area contributed by atoms with E-state index in [1.807, 2.05) is 34.0 Å². The largest absolute Gasteiger partial charge is 0.367 e. The van der Waals surface area contributed by atoms with Crippen LogP contribution in [-0.2, 0) is 17.4 Å². The fourth-order valence-electron chi connectivity index (χ4n) is 2.51. The standard InChI is InChI=1S/C15H22N4O2/c1-5-15(6-2,21-7-3)14-17-12(8-13(20)18-14)11-9-16-19(4)10-11/h8-10H,5-7H2,1-4H3,(H,17,18,20). The lowest BCUT2D eigenvalue weighted by Crippen LogP contribution is -2.33. The number of hydrogen-bond donors (Lipinski definition) is 1. The number of aromatic nitrogens is 4. The minimum Gasteiger partial charge on any atom is -0.367 e. The topological polar surface area (TPSA) is 72.8 Å². The summed E-state index contributed by atoms with van der Waals surface area (Å²) in [5.74, 6) is 0.584. The quantitative estimate of drug-likeness (QED) is 0.885. The predicted octanol–water partition coefficient (Wildman–Crippen LogP) is 2.22. The minimum atomic E-state index is -0.549. The summed E-state index contributed by atoms with van der Waals surface area (Å²) in [6.45, 7) is 6.59. The van der Waals surface area contributed by atoms with Crippen LogP contribution in [0.25, 0.3) is 11.3 Å². The van der Waals surface area contributed by atoms with Crippen molar-refractivity contribution < 1.29 is 4.74 Å².